The third-order valence-electron chi connectivity index (χ3n) is 4.74. The van der Waals surface area contributed by atoms with Gasteiger partial charge in [-0.2, -0.15) is 0 Å². The smallest absolute Gasteiger partial charge is 0.277 e. The lowest BCUT2D eigenvalue weighted by Crippen LogP contribution is -2.39. The van der Waals surface area contributed by atoms with Crippen LogP contribution >= 0.6 is 11.3 Å². The molecule has 0 unspecified atom stereocenters. The van der Waals surface area contributed by atoms with E-state index in [1.54, 1.807) is 0 Å². The number of anilines is 4. The van der Waals surface area contributed by atoms with Crippen LogP contribution in [0.15, 0.2) is 53.6 Å². The number of aromatic nitrogens is 4. The molecule has 0 saturated heterocycles. The van der Waals surface area contributed by atoms with Gasteiger partial charge in [-0.1, -0.05) is 16.5 Å². The minimum absolute atomic E-state index is 0.0108. The fourth-order valence-corrected chi connectivity index (χ4v) is 4.01. The average molecular weight is 496 g/mol. The second-order valence-electron chi connectivity index (χ2n) is 7.12. The Morgan fingerprint density at radius 3 is 2.51 bits per heavy atom. The van der Waals surface area contributed by atoms with Crippen molar-refractivity contribution < 1.29 is 23.3 Å². The standard InChI is InChI=1S/C21H17FN8O4S/c1-10(19(24)32)30(13-4-2-11(22)3-5-13)21-28-18(23)17(35-21)16(31)15-6-14(29-34-15)20(33)27-12-7-25-9-26-8-12/h2-10H,23H2,1H3,(H2,24,32)(H,27,33)/t10-/m1/s1. The molecule has 2 amide bonds. The SMILES string of the molecule is C[C@H](C(N)=O)N(c1ccc(F)cc1)c1nc(N)c(C(=O)c2cc(C(=O)Nc3cncnc3)no2)s1. The number of benzene rings is 1. The number of nitrogens with zero attached hydrogens (tertiary/aromatic N) is 5. The number of amides is 2. The Balaban J connectivity index is 1.61. The largest absolute Gasteiger partial charge is 0.382 e. The van der Waals surface area contributed by atoms with E-state index in [0.29, 0.717) is 11.4 Å². The van der Waals surface area contributed by atoms with Crippen molar-refractivity contribution in [2.24, 2.45) is 5.73 Å². The Hall–Kier alpha value is -4.72. The highest BCUT2D eigenvalue weighted by Gasteiger charge is 2.29. The highest BCUT2D eigenvalue weighted by atomic mass is 32.1. The van der Waals surface area contributed by atoms with Crippen molar-refractivity contribution >= 4 is 51.3 Å². The van der Waals surface area contributed by atoms with E-state index in [0.717, 1.165) is 17.4 Å². The third kappa shape index (κ3) is 4.96. The van der Waals surface area contributed by atoms with Gasteiger partial charge in [-0.25, -0.2) is 19.3 Å². The number of hydrogen-bond donors (Lipinski definition) is 3. The molecule has 35 heavy (non-hydrogen) atoms. The molecule has 0 aliphatic rings. The van der Waals surface area contributed by atoms with Crippen molar-refractivity contribution in [3.63, 3.8) is 0 Å². The molecule has 14 heteroatoms. The second-order valence-corrected chi connectivity index (χ2v) is 8.10. The predicted octanol–water partition coefficient (Wildman–Crippen LogP) is 2.14. The van der Waals surface area contributed by atoms with E-state index in [9.17, 15) is 18.8 Å². The molecule has 0 radical (unpaired) electrons. The number of halogens is 1. The molecule has 0 aliphatic heterocycles. The van der Waals surface area contributed by atoms with E-state index >= 15 is 0 Å². The molecule has 4 aromatic rings. The van der Waals surface area contributed by atoms with Crippen LogP contribution in [-0.4, -0.2) is 43.7 Å². The second kappa shape index (κ2) is 9.64. The van der Waals surface area contributed by atoms with Gasteiger partial charge in [0, 0.05) is 11.8 Å². The molecule has 1 atom stereocenters. The van der Waals surface area contributed by atoms with Gasteiger partial charge in [0.05, 0.1) is 18.1 Å². The number of carbonyl (C=O) groups is 3. The maximum atomic E-state index is 13.4. The summed E-state index contributed by atoms with van der Waals surface area (Å²) in [5.74, 6) is -2.85. The average Bonchev–Trinajstić information content (AvgIpc) is 3.48. The van der Waals surface area contributed by atoms with Gasteiger partial charge in [-0.3, -0.25) is 14.4 Å². The molecule has 1 aromatic carbocycles. The molecule has 0 aliphatic carbocycles. The van der Waals surface area contributed by atoms with E-state index in [1.807, 2.05) is 0 Å². The fourth-order valence-electron chi connectivity index (χ4n) is 2.97. The van der Waals surface area contributed by atoms with Gasteiger partial charge in [-0.05, 0) is 31.2 Å². The molecule has 0 spiro atoms. The van der Waals surface area contributed by atoms with Gasteiger partial charge in [0.2, 0.25) is 17.5 Å². The summed E-state index contributed by atoms with van der Waals surface area (Å²) in [6.45, 7) is 1.53. The molecule has 3 heterocycles. The van der Waals surface area contributed by atoms with Crippen LogP contribution < -0.4 is 21.7 Å². The minimum Gasteiger partial charge on any atom is -0.382 e. The highest BCUT2D eigenvalue weighted by molar-refractivity contribution is 7.18. The quantitative estimate of drug-likeness (QED) is 0.305. The first-order valence-electron chi connectivity index (χ1n) is 9.92. The molecule has 4 rings (SSSR count). The molecule has 3 aromatic heterocycles. The van der Waals surface area contributed by atoms with Crippen molar-refractivity contribution in [1.29, 1.82) is 0 Å². The van der Waals surface area contributed by atoms with E-state index in [-0.39, 0.29) is 27.3 Å². The topological polar surface area (TPSA) is 183 Å². The molecule has 178 valence electrons. The summed E-state index contributed by atoms with van der Waals surface area (Å²) in [6, 6.07) is 5.56. The van der Waals surface area contributed by atoms with Crippen LogP contribution in [0.1, 0.15) is 32.8 Å². The monoisotopic (exact) mass is 496 g/mol. The number of ketones is 1. The molecule has 5 N–H and O–H groups in total. The van der Waals surface area contributed by atoms with Crippen molar-refractivity contribution in [2.45, 2.75) is 13.0 Å². The van der Waals surface area contributed by atoms with Gasteiger partial charge in [-0.15, -0.1) is 0 Å². The summed E-state index contributed by atoms with van der Waals surface area (Å²) in [7, 11) is 0. The first-order valence-corrected chi connectivity index (χ1v) is 10.7. The number of thiazole rings is 1. The molecule has 0 bridgehead atoms. The Labute approximate surface area is 200 Å². The normalized spacial score (nSPS) is 11.6. The Morgan fingerprint density at radius 1 is 1.17 bits per heavy atom. The Kier molecular flexibility index (Phi) is 6.46. The Morgan fingerprint density at radius 2 is 1.86 bits per heavy atom. The van der Waals surface area contributed by atoms with Crippen LogP contribution in [0.3, 0.4) is 0 Å². The predicted molar refractivity (Wildman–Crippen MR) is 124 cm³/mol. The number of nitrogens with one attached hydrogen (secondary N) is 1. The van der Waals surface area contributed by atoms with Gasteiger partial charge >= 0.3 is 0 Å². The minimum atomic E-state index is -0.892. The van der Waals surface area contributed by atoms with E-state index in [1.165, 1.54) is 54.8 Å². The van der Waals surface area contributed by atoms with Crippen LogP contribution in [0, 0.1) is 5.82 Å². The summed E-state index contributed by atoms with van der Waals surface area (Å²) in [6.07, 6.45) is 4.07. The van der Waals surface area contributed by atoms with Crippen LogP contribution in [0.4, 0.5) is 26.7 Å². The summed E-state index contributed by atoms with van der Waals surface area (Å²) in [5.41, 5.74) is 12.0. The molecule has 0 saturated carbocycles. The first-order chi connectivity index (χ1) is 16.7. The fraction of sp³-hybridized carbons (Fsp3) is 0.0952. The van der Waals surface area contributed by atoms with Crippen LogP contribution in [0.25, 0.3) is 0 Å². The van der Waals surface area contributed by atoms with Gasteiger partial charge in [0.15, 0.2) is 10.8 Å². The lowest BCUT2D eigenvalue weighted by molar-refractivity contribution is -0.118. The molecule has 12 nitrogen and oxygen atoms in total. The van der Waals surface area contributed by atoms with Gasteiger partial charge < -0.3 is 26.2 Å². The van der Waals surface area contributed by atoms with Crippen molar-refractivity contribution in [2.75, 3.05) is 16.0 Å². The lowest BCUT2D eigenvalue weighted by Gasteiger charge is -2.26. The van der Waals surface area contributed by atoms with Crippen molar-refractivity contribution in [1.82, 2.24) is 20.1 Å². The Bertz CT molecular complexity index is 1390. The number of nitrogens with two attached hydrogens (primary N) is 2. The zero-order chi connectivity index (χ0) is 25.1. The lowest BCUT2D eigenvalue weighted by atomic mass is 10.2. The van der Waals surface area contributed by atoms with Gasteiger partial charge in [0.1, 0.15) is 28.9 Å². The number of nitrogen functional groups attached to an aromatic ring is 1. The zero-order valence-electron chi connectivity index (χ0n) is 18.0. The summed E-state index contributed by atoms with van der Waals surface area (Å²) in [5, 5.41) is 6.31. The van der Waals surface area contributed by atoms with E-state index in [2.05, 4.69) is 25.4 Å². The maximum Gasteiger partial charge on any atom is 0.277 e. The van der Waals surface area contributed by atoms with Crippen molar-refractivity contribution in [3.8, 4) is 0 Å². The summed E-state index contributed by atoms with van der Waals surface area (Å²) in [4.78, 5) is 50.5. The first kappa shape index (κ1) is 23.4. The summed E-state index contributed by atoms with van der Waals surface area (Å²) < 4.78 is 18.5. The maximum absolute atomic E-state index is 13.4. The zero-order valence-corrected chi connectivity index (χ0v) is 18.8. The van der Waals surface area contributed by atoms with Crippen LogP contribution in [-0.2, 0) is 4.79 Å². The van der Waals surface area contributed by atoms with Crippen molar-refractivity contribution in [3.05, 3.63) is 71.2 Å². The molecule has 0 fully saturated rings. The van der Waals surface area contributed by atoms with Crippen LogP contribution in [0.2, 0.25) is 0 Å². The molecular formula is C21H17FN8O4S. The number of hydrogen-bond acceptors (Lipinski definition) is 11. The molecular weight excluding hydrogens is 479 g/mol. The number of primary amides is 1. The summed E-state index contributed by atoms with van der Waals surface area (Å²) >= 11 is 0.869. The highest BCUT2D eigenvalue weighted by Crippen LogP contribution is 2.36. The van der Waals surface area contributed by atoms with E-state index in [4.69, 9.17) is 16.0 Å². The van der Waals surface area contributed by atoms with Gasteiger partial charge in [0.25, 0.3) is 5.91 Å². The van der Waals surface area contributed by atoms with E-state index < -0.39 is 29.5 Å². The van der Waals surface area contributed by atoms with Crippen LogP contribution in [0.5, 0.6) is 0 Å². The number of rotatable bonds is 8. The number of carbonyl (C=O) groups excluding carboxylic acids is 3. The third-order valence-corrected chi connectivity index (χ3v) is 5.81.